The van der Waals surface area contributed by atoms with Gasteiger partial charge in [0.25, 0.3) is 0 Å². The SMILES string of the molecule is Cc1ccc(S(=O)(=O)NCC/C=C\c2cccc(C)c2)cc1. The van der Waals surface area contributed by atoms with Gasteiger partial charge >= 0.3 is 0 Å². The topological polar surface area (TPSA) is 46.2 Å². The van der Waals surface area contributed by atoms with Crippen molar-refractivity contribution in [2.75, 3.05) is 6.54 Å². The Bertz CT molecular complexity index is 747. The maximum Gasteiger partial charge on any atom is 0.240 e. The zero-order valence-electron chi connectivity index (χ0n) is 12.9. The van der Waals surface area contributed by atoms with Crippen LogP contribution in [0.4, 0.5) is 0 Å². The van der Waals surface area contributed by atoms with Crippen LogP contribution in [0.25, 0.3) is 6.08 Å². The Morgan fingerprint density at radius 1 is 1.00 bits per heavy atom. The molecule has 0 saturated carbocycles. The lowest BCUT2D eigenvalue weighted by atomic mass is 10.1. The van der Waals surface area contributed by atoms with Crippen molar-refractivity contribution < 1.29 is 8.42 Å². The number of rotatable bonds is 6. The summed E-state index contributed by atoms with van der Waals surface area (Å²) in [5.41, 5.74) is 3.38. The first kappa shape index (κ1) is 16.5. The van der Waals surface area contributed by atoms with Crippen molar-refractivity contribution in [3.63, 3.8) is 0 Å². The van der Waals surface area contributed by atoms with Crippen molar-refractivity contribution in [3.05, 3.63) is 71.3 Å². The van der Waals surface area contributed by atoms with Gasteiger partial charge in [-0.15, -0.1) is 0 Å². The molecule has 1 N–H and O–H groups in total. The van der Waals surface area contributed by atoms with E-state index in [2.05, 4.69) is 10.8 Å². The molecular weight excluding hydrogens is 294 g/mol. The predicted molar refractivity (Wildman–Crippen MR) is 91.2 cm³/mol. The first-order valence-corrected chi connectivity index (χ1v) is 8.75. The first-order valence-electron chi connectivity index (χ1n) is 7.27. The summed E-state index contributed by atoms with van der Waals surface area (Å²) in [4.78, 5) is 0.306. The quantitative estimate of drug-likeness (QED) is 0.827. The third kappa shape index (κ3) is 4.83. The highest BCUT2D eigenvalue weighted by molar-refractivity contribution is 7.89. The summed E-state index contributed by atoms with van der Waals surface area (Å²) in [6.45, 7) is 4.37. The van der Waals surface area contributed by atoms with Crippen molar-refractivity contribution in [3.8, 4) is 0 Å². The second kappa shape index (κ2) is 7.38. The lowest BCUT2D eigenvalue weighted by Gasteiger charge is -2.05. The summed E-state index contributed by atoms with van der Waals surface area (Å²) in [7, 11) is -3.41. The second-order valence-electron chi connectivity index (χ2n) is 5.32. The molecule has 0 amide bonds. The van der Waals surface area contributed by atoms with E-state index in [1.807, 2.05) is 44.2 Å². The van der Waals surface area contributed by atoms with Gasteiger partial charge in [0.15, 0.2) is 0 Å². The molecular formula is C18H21NO2S. The van der Waals surface area contributed by atoms with Gasteiger partial charge < -0.3 is 0 Å². The maximum absolute atomic E-state index is 12.1. The van der Waals surface area contributed by atoms with E-state index < -0.39 is 10.0 Å². The molecule has 0 aliphatic carbocycles. The molecule has 0 saturated heterocycles. The van der Waals surface area contributed by atoms with Crippen LogP contribution >= 0.6 is 0 Å². The van der Waals surface area contributed by atoms with E-state index in [0.717, 1.165) is 11.1 Å². The molecule has 0 aliphatic rings. The zero-order valence-corrected chi connectivity index (χ0v) is 13.7. The Hall–Kier alpha value is -1.91. The van der Waals surface area contributed by atoms with Crippen LogP contribution in [-0.2, 0) is 10.0 Å². The van der Waals surface area contributed by atoms with Crippen molar-refractivity contribution >= 4 is 16.1 Å². The number of nitrogens with one attached hydrogen (secondary N) is 1. The van der Waals surface area contributed by atoms with E-state index in [0.29, 0.717) is 17.9 Å². The molecule has 2 aromatic carbocycles. The van der Waals surface area contributed by atoms with Gasteiger partial charge in [-0.3, -0.25) is 0 Å². The summed E-state index contributed by atoms with van der Waals surface area (Å²) in [5, 5.41) is 0. The molecule has 3 nitrogen and oxygen atoms in total. The summed E-state index contributed by atoms with van der Waals surface area (Å²) in [6.07, 6.45) is 4.64. The van der Waals surface area contributed by atoms with Crippen LogP contribution in [0.5, 0.6) is 0 Å². The number of hydrogen-bond donors (Lipinski definition) is 1. The first-order chi connectivity index (χ1) is 10.5. The van der Waals surface area contributed by atoms with Gasteiger partial charge in [0.1, 0.15) is 0 Å². The smallest absolute Gasteiger partial charge is 0.211 e. The fourth-order valence-electron chi connectivity index (χ4n) is 2.07. The number of hydrogen-bond acceptors (Lipinski definition) is 2. The fraction of sp³-hybridized carbons (Fsp3) is 0.222. The predicted octanol–water partition coefficient (Wildman–Crippen LogP) is 3.69. The van der Waals surface area contributed by atoms with E-state index in [-0.39, 0.29) is 0 Å². The van der Waals surface area contributed by atoms with Gasteiger partial charge in [0, 0.05) is 6.54 Å². The molecule has 22 heavy (non-hydrogen) atoms. The molecule has 0 aliphatic heterocycles. The van der Waals surface area contributed by atoms with Crippen LogP contribution in [0.3, 0.4) is 0 Å². The summed E-state index contributed by atoms with van der Waals surface area (Å²) in [6, 6.07) is 15.0. The largest absolute Gasteiger partial charge is 0.240 e. The monoisotopic (exact) mass is 315 g/mol. The summed E-state index contributed by atoms with van der Waals surface area (Å²) < 4.78 is 26.8. The van der Waals surface area contributed by atoms with Gasteiger partial charge in [0.2, 0.25) is 10.0 Å². The van der Waals surface area contributed by atoms with Crippen LogP contribution in [0, 0.1) is 13.8 Å². The lowest BCUT2D eigenvalue weighted by Crippen LogP contribution is -2.24. The normalized spacial score (nSPS) is 11.9. The van der Waals surface area contributed by atoms with Gasteiger partial charge in [-0.05, 0) is 38.0 Å². The second-order valence-corrected chi connectivity index (χ2v) is 7.08. The molecule has 2 rings (SSSR count). The zero-order chi connectivity index (χ0) is 16.0. The van der Waals surface area contributed by atoms with Crippen LogP contribution < -0.4 is 4.72 Å². The minimum absolute atomic E-state index is 0.306. The molecule has 0 atom stereocenters. The Morgan fingerprint density at radius 2 is 1.73 bits per heavy atom. The van der Waals surface area contributed by atoms with Gasteiger partial charge in [-0.25, -0.2) is 13.1 Å². The Balaban J connectivity index is 1.86. The van der Waals surface area contributed by atoms with E-state index in [9.17, 15) is 8.42 Å². The molecule has 116 valence electrons. The molecule has 0 fully saturated rings. The third-order valence-corrected chi connectivity index (χ3v) is 4.76. The fourth-order valence-corrected chi connectivity index (χ4v) is 3.12. The van der Waals surface area contributed by atoms with Gasteiger partial charge in [-0.2, -0.15) is 0 Å². The minimum atomic E-state index is -3.41. The molecule has 0 radical (unpaired) electrons. The molecule has 0 unspecified atom stereocenters. The van der Waals surface area contributed by atoms with E-state index in [1.165, 1.54) is 5.56 Å². The average molecular weight is 315 g/mol. The molecule has 0 spiro atoms. The van der Waals surface area contributed by atoms with Crippen molar-refractivity contribution in [2.45, 2.75) is 25.2 Å². The Labute approximate surface area is 132 Å². The highest BCUT2D eigenvalue weighted by atomic mass is 32.2. The molecule has 0 aromatic heterocycles. The molecule has 2 aromatic rings. The highest BCUT2D eigenvalue weighted by Gasteiger charge is 2.11. The van der Waals surface area contributed by atoms with Gasteiger partial charge in [-0.1, -0.05) is 59.7 Å². The van der Waals surface area contributed by atoms with Crippen LogP contribution in [0.15, 0.2) is 59.5 Å². The maximum atomic E-state index is 12.1. The van der Waals surface area contributed by atoms with Gasteiger partial charge in [0.05, 0.1) is 4.90 Å². The standard InChI is InChI=1S/C18H21NO2S/c1-15-9-11-18(12-10-15)22(20,21)19-13-4-3-7-17-8-5-6-16(2)14-17/h3,5-12,14,19H,4,13H2,1-2H3/b7-3-. The minimum Gasteiger partial charge on any atom is -0.211 e. The summed E-state index contributed by atoms with van der Waals surface area (Å²) >= 11 is 0. The van der Waals surface area contributed by atoms with Crippen molar-refractivity contribution in [1.82, 2.24) is 4.72 Å². The van der Waals surface area contributed by atoms with Crippen LogP contribution in [0.2, 0.25) is 0 Å². The lowest BCUT2D eigenvalue weighted by molar-refractivity contribution is 0.582. The van der Waals surface area contributed by atoms with E-state index in [1.54, 1.807) is 24.3 Å². The highest BCUT2D eigenvalue weighted by Crippen LogP contribution is 2.10. The Kier molecular flexibility index (Phi) is 5.52. The molecule has 0 heterocycles. The molecule has 4 heteroatoms. The van der Waals surface area contributed by atoms with Crippen LogP contribution in [-0.4, -0.2) is 15.0 Å². The number of aryl methyl sites for hydroxylation is 2. The van der Waals surface area contributed by atoms with Crippen molar-refractivity contribution in [1.29, 1.82) is 0 Å². The third-order valence-electron chi connectivity index (χ3n) is 3.29. The number of sulfonamides is 1. The van der Waals surface area contributed by atoms with E-state index in [4.69, 9.17) is 0 Å². The van der Waals surface area contributed by atoms with E-state index >= 15 is 0 Å². The summed E-state index contributed by atoms with van der Waals surface area (Å²) in [5.74, 6) is 0. The Morgan fingerprint density at radius 3 is 2.41 bits per heavy atom. The molecule has 0 bridgehead atoms. The van der Waals surface area contributed by atoms with Crippen molar-refractivity contribution in [2.24, 2.45) is 0 Å². The average Bonchev–Trinajstić information content (AvgIpc) is 2.47. The number of benzene rings is 2. The van der Waals surface area contributed by atoms with Crippen LogP contribution in [0.1, 0.15) is 23.1 Å².